The van der Waals surface area contributed by atoms with E-state index in [-0.39, 0.29) is 0 Å². The molecule has 0 amide bonds. The van der Waals surface area contributed by atoms with Crippen LogP contribution >= 0.6 is 0 Å². The maximum absolute atomic E-state index is 5.47. The van der Waals surface area contributed by atoms with Crippen LogP contribution in [-0.2, 0) is 6.54 Å². The Balaban J connectivity index is 1.60. The first-order chi connectivity index (χ1) is 10.4. The van der Waals surface area contributed by atoms with Gasteiger partial charge in [-0.2, -0.15) is 0 Å². The molecule has 1 aliphatic heterocycles. The molecule has 0 unspecified atom stereocenters. The van der Waals surface area contributed by atoms with E-state index in [4.69, 9.17) is 4.74 Å². The second-order valence-corrected chi connectivity index (χ2v) is 5.57. The number of nitrogens with one attached hydrogen (secondary N) is 1. The molecule has 0 radical (unpaired) electrons. The maximum atomic E-state index is 5.47. The molecule has 21 heavy (non-hydrogen) atoms. The van der Waals surface area contributed by atoms with Gasteiger partial charge in [-0.25, -0.2) is 0 Å². The molecule has 0 aliphatic carbocycles. The minimum absolute atomic E-state index is 0.976. The number of methoxy groups -OCH3 is 1. The highest BCUT2D eigenvalue weighted by Crippen LogP contribution is 2.27. The quantitative estimate of drug-likeness (QED) is 0.918. The van der Waals surface area contributed by atoms with Crippen LogP contribution in [0.1, 0.15) is 5.56 Å². The standard InChI is InChI=1S/C18H22N2O/c1-21-18-10-6-5-9-17(18)20-13-11-19(12-14-20)15-16-7-3-2-4-8-16/h2-10H,11-15H2,1H3/p+1. The molecule has 0 saturated carbocycles. The minimum atomic E-state index is 0.976. The summed E-state index contributed by atoms with van der Waals surface area (Å²) in [5.74, 6) is 0.976. The second-order valence-electron chi connectivity index (χ2n) is 5.57. The third-order valence-corrected chi connectivity index (χ3v) is 4.19. The van der Waals surface area contributed by atoms with Crippen molar-refractivity contribution in [2.45, 2.75) is 6.54 Å². The molecule has 1 aliphatic rings. The zero-order chi connectivity index (χ0) is 14.5. The monoisotopic (exact) mass is 283 g/mol. The van der Waals surface area contributed by atoms with Crippen molar-refractivity contribution < 1.29 is 9.64 Å². The summed E-state index contributed by atoms with van der Waals surface area (Å²) >= 11 is 0. The normalized spacial score (nSPS) is 16.0. The Morgan fingerprint density at radius 2 is 1.62 bits per heavy atom. The fraction of sp³-hybridized carbons (Fsp3) is 0.333. The number of anilines is 1. The molecule has 110 valence electrons. The average molecular weight is 283 g/mol. The lowest BCUT2D eigenvalue weighted by Crippen LogP contribution is -3.13. The van der Waals surface area contributed by atoms with Crippen molar-refractivity contribution in [3.05, 3.63) is 60.2 Å². The Labute approximate surface area is 126 Å². The summed E-state index contributed by atoms with van der Waals surface area (Å²) in [4.78, 5) is 4.10. The first-order valence-electron chi connectivity index (χ1n) is 7.62. The van der Waals surface area contributed by atoms with Gasteiger partial charge in [0, 0.05) is 5.56 Å². The van der Waals surface area contributed by atoms with Gasteiger partial charge in [-0.3, -0.25) is 0 Å². The first kappa shape index (κ1) is 14.0. The number of nitrogens with zero attached hydrogens (tertiary/aromatic N) is 1. The predicted molar refractivity (Wildman–Crippen MR) is 86.0 cm³/mol. The lowest BCUT2D eigenvalue weighted by Gasteiger charge is -2.34. The number of para-hydroxylation sites is 2. The number of benzene rings is 2. The lowest BCUT2D eigenvalue weighted by molar-refractivity contribution is -0.914. The highest BCUT2D eigenvalue weighted by Gasteiger charge is 2.21. The summed E-state index contributed by atoms with van der Waals surface area (Å²) in [6.07, 6.45) is 0. The van der Waals surface area contributed by atoms with Crippen molar-refractivity contribution in [1.29, 1.82) is 0 Å². The van der Waals surface area contributed by atoms with Crippen LogP contribution in [0.5, 0.6) is 5.75 Å². The number of hydrogen-bond acceptors (Lipinski definition) is 2. The van der Waals surface area contributed by atoms with E-state index < -0.39 is 0 Å². The fourth-order valence-electron chi connectivity index (χ4n) is 3.02. The molecule has 2 aromatic carbocycles. The van der Waals surface area contributed by atoms with Crippen LogP contribution in [-0.4, -0.2) is 33.3 Å². The van der Waals surface area contributed by atoms with Crippen molar-refractivity contribution >= 4 is 5.69 Å². The fourth-order valence-corrected chi connectivity index (χ4v) is 3.02. The first-order valence-corrected chi connectivity index (χ1v) is 7.62. The highest BCUT2D eigenvalue weighted by molar-refractivity contribution is 5.58. The molecule has 0 atom stereocenters. The van der Waals surface area contributed by atoms with Crippen LogP contribution in [0, 0.1) is 0 Å². The van der Waals surface area contributed by atoms with Crippen LogP contribution in [0.4, 0.5) is 5.69 Å². The van der Waals surface area contributed by atoms with Gasteiger partial charge in [-0.05, 0) is 12.1 Å². The molecule has 0 aromatic heterocycles. The lowest BCUT2D eigenvalue weighted by atomic mass is 10.2. The van der Waals surface area contributed by atoms with E-state index in [1.54, 1.807) is 12.0 Å². The Hall–Kier alpha value is -2.00. The third-order valence-electron chi connectivity index (χ3n) is 4.19. The van der Waals surface area contributed by atoms with Gasteiger partial charge in [-0.15, -0.1) is 0 Å². The van der Waals surface area contributed by atoms with Crippen LogP contribution in [0.2, 0.25) is 0 Å². The van der Waals surface area contributed by atoms with E-state index in [9.17, 15) is 0 Å². The van der Waals surface area contributed by atoms with E-state index in [1.807, 2.05) is 12.1 Å². The van der Waals surface area contributed by atoms with Crippen LogP contribution < -0.4 is 14.5 Å². The van der Waals surface area contributed by atoms with Gasteiger partial charge in [0.05, 0.1) is 39.0 Å². The van der Waals surface area contributed by atoms with Crippen molar-refractivity contribution in [2.75, 3.05) is 38.2 Å². The van der Waals surface area contributed by atoms with Crippen LogP contribution in [0.25, 0.3) is 0 Å². The van der Waals surface area contributed by atoms with Gasteiger partial charge < -0.3 is 14.5 Å². The molecule has 3 rings (SSSR count). The summed E-state index contributed by atoms with van der Waals surface area (Å²) in [7, 11) is 1.75. The van der Waals surface area contributed by atoms with Crippen molar-refractivity contribution in [2.24, 2.45) is 0 Å². The van der Waals surface area contributed by atoms with E-state index >= 15 is 0 Å². The van der Waals surface area contributed by atoms with E-state index in [0.29, 0.717) is 0 Å². The predicted octanol–water partition coefficient (Wildman–Crippen LogP) is 1.60. The van der Waals surface area contributed by atoms with E-state index in [2.05, 4.69) is 47.4 Å². The van der Waals surface area contributed by atoms with E-state index in [1.165, 1.54) is 24.3 Å². The Kier molecular flexibility index (Phi) is 4.41. The summed E-state index contributed by atoms with van der Waals surface area (Å²) in [5, 5.41) is 0. The molecule has 1 N–H and O–H groups in total. The van der Waals surface area contributed by atoms with Crippen LogP contribution in [0.3, 0.4) is 0 Å². The van der Waals surface area contributed by atoms with Gasteiger partial charge in [0.1, 0.15) is 12.3 Å². The molecule has 3 heteroatoms. The molecule has 2 aromatic rings. The molecule has 1 fully saturated rings. The number of hydrogen-bond donors (Lipinski definition) is 1. The van der Waals surface area contributed by atoms with Crippen molar-refractivity contribution in [3.63, 3.8) is 0 Å². The molecular weight excluding hydrogens is 260 g/mol. The summed E-state index contributed by atoms with van der Waals surface area (Å²) in [6, 6.07) is 19.1. The zero-order valence-corrected chi connectivity index (χ0v) is 12.6. The molecule has 1 heterocycles. The molecule has 0 spiro atoms. The number of quaternary nitrogens is 1. The number of piperazine rings is 1. The Morgan fingerprint density at radius 3 is 2.33 bits per heavy atom. The van der Waals surface area contributed by atoms with E-state index in [0.717, 1.165) is 25.4 Å². The largest absolute Gasteiger partial charge is 0.495 e. The molecule has 1 saturated heterocycles. The third kappa shape index (κ3) is 3.37. The highest BCUT2D eigenvalue weighted by atomic mass is 16.5. The van der Waals surface area contributed by atoms with Gasteiger partial charge in [0.25, 0.3) is 0 Å². The van der Waals surface area contributed by atoms with Gasteiger partial charge in [0.2, 0.25) is 0 Å². The maximum Gasteiger partial charge on any atom is 0.142 e. The smallest absolute Gasteiger partial charge is 0.142 e. The van der Waals surface area contributed by atoms with Crippen LogP contribution in [0.15, 0.2) is 54.6 Å². The average Bonchev–Trinajstić information content (AvgIpc) is 2.56. The number of ether oxygens (including phenoxy) is 1. The summed E-state index contributed by atoms with van der Waals surface area (Å²) in [5.41, 5.74) is 2.65. The van der Waals surface area contributed by atoms with Crippen molar-refractivity contribution in [3.8, 4) is 5.75 Å². The summed E-state index contributed by atoms with van der Waals surface area (Å²) < 4.78 is 5.47. The molecule has 0 bridgehead atoms. The second kappa shape index (κ2) is 6.64. The van der Waals surface area contributed by atoms with Gasteiger partial charge in [0.15, 0.2) is 0 Å². The SMILES string of the molecule is COc1ccccc1N1CC[NH+](Cc2ccccc2)CC1. The van der Waals surface area contributed by atoms with Gasteiger partial charge in [-0.1, -0.05) is 42.5 Å². The topological polar surface area (TPSA) is 16.9 Å². The Bertz CT molecular complexity index is 562. The Morgan fingerprint density at radius 1 is 0.952 bits per heavy atom. The number of rotatable bonds is 4. The minimum Gasteiger partial charge on any atom is -0.495 e. The molecule has 3 nitrogen and oxygen atoms in total. The zero-order valence-electron chi connectivity index (χ0n) is 12.6. The van der Waals surface area contributed by atoms with Crippen molar-refractivity contribution in [1.82, 2.24) is 0 Å². The van der Waals surface area contributed by atoms with Gasteiger partial charge >= 0.3 is 0 Å². The molecular formula is C18H23N2O+. The summed E-state index contributed by atoms with van der Waals surface area (Å²) in [6.45, 7) is 5.64.